The Labute approximate surface area is 248 Å². The Kier molecular flexibility index (Phi) is 9.77. The van der Waals surface area contributed by atoms with Gasteiger partial charge in [-0.1, -0.05) is 12.1 Å². The third kappa shape index (κ3) is 8.03. The highest BCUT2D eigenvalue weighted by Crippen LogP contribution is 2.28. The van der Waals surface area contributed by atoms with Crippen LogP contribution in [-0.4, -0.2) is 86.5 Å². The number of alkyl halides is 1. The summed E-state index contributed by atoms with van der Waals surface area (Å²) in [4.78, 5) is 53.9. The average molecular weight is 605 g/mol. The van der Waals surface area contributed by atoms with Gasteiger partial charge in [0.2, 0.25) is 0 Å². The first-order chi connectivity index (χ1) is 19.9. The van der Waals surface area contributed by atoms with E-state index in [0.717, 1.165) is 5.56 Å². The predicted octanol–water partition coefficient (Wildman–Crippen LogP) is 3.92. The van der Waals surface area contributed by atoms with Gasteiger partial charge in [0.15, 0.2) is 6.61 Å². The molecule has 2 aromatic rings. The number of benzene rings is 2. The summed E-state index contributed by atoms with van der Waals surface area (Å²) in [7, 11) is 0. The third-order valence-corrected chi connectivity index (χ3v) is 6.92. The highest BCUT2D eigenvalue weighted by atomic mass is 35.5. The van der Waals surface area contributed by atoms with Gasteiger partial charge in [-0.2, -0.15) is 0 Å². The summed E-state index contributed by atoms with van der Waals surface area (Å²) in [6.45, 7) is 6.42. The van der Waals surface area contributed by atoms with Crippen LogP contribution in [0.2, 0.25) is 0 Å². The number of cyclic esters (lactones) is 1. The first-order valence-corrected chi connectivity index (χ1v) is 14.1. The number of nitrogens with zero attached hydrogens (tertiary/aromatic N) is 3. The Morgan fingerprint density at radius 3 is 2.50 bits per heavy atom. The van der Waals surface area contributed by atoms with Crippen LogP contribution in [0.5, 0.6) is 0 Å². The van der Waals surface area contributed by atoms with Crippen LogP contribution < -0.4 is 15.1 Å². The molecule has 0 aromatic heterocycles. The Bertz CT molecular complexity index is 1330. The zero-order chi connectivity index (χ0) is 30.4. The number of alkyl carbamates (subject to hydrolysis) is 1. The van der Waals surface area contributed by atoms with E-state index in [0.29, 0.717) is 43.1 Å². The van der Waals surface area contributed by atoms with Crippen molar-refractivity contribution < 1.29 is 37.8 Å². The molecule has 0 aliphatic carbocycles. The number of rotatable bonds is 8. The number of piperazine rings is 1. The van der Waals surface area contributed by atoms with Crippen molar-refractivity contribution in [2.45, 2.75) is 38.4 Å². The van der Waals surface area contributed by atoms with Gasteiger partial charge in [0.25, 0.3) is 5.91 Å². The second kappa shape index (κ2) is 13.3. The lowest BCUT2D eigenvalue weighted by atomic mass is 10.1. The van der Waals surface area contributed by atoms with E-state index in [1.807, 2.05) is 4.90 Å². The lowest BCUT2D eigenvalue weighted by molar-refractivity contribution is -0.134. The first kappa shape index (κ1) is 30.9. The molecule has 2 aromatic carbocycles. The third-order valence-electron chi connectivity index (χ3n) is 6.61. The lowest BCUT2D eigenvalue weighted by Crippen LogP contribution is -2.50. The van der Waals surface area contributed by atoms with Gasteiger partial charge < -0.3 is 29.3 Å². The summed E-state index contributed by atoms with van der Waals surface area (Å²) in [5.41, 5.74) is 1.10. The molecule has 2 fully saturated rings. The highest BCUT2D eigenvalue weighted by Gasteiger charge is 2.34. The van der Waals surface area contributed by atoms with E-state index < -0.39 is 42.3 Å². The molecule has 0 saturated carbocycles. The predicted molar refractivity (Wildman–Crippen MR) is 153 cm³/mol. The normalized spacial score (nSPS) is 17.1. The smallest absolute Gasteiger partial charge is 0.414 e. The number of amides is 3. The molecule has 11 nitrogen and oxygen atoms in total. The molecule has 3 amide bonds. The van der Waals surface area contributed by atoms with Crippen LogP contribution in [-0.2, 0) is 24.9 Å². The Hall–Kier alpha value is -4.06. The Balaban J connectivity index is 1.25. The molecular weight excluding hydrogens is 571 g/mol. The van der Waals surface area contributed by atoms with E-state index in [9.17, 15) is 19.2 Å². The van der Waals surface area contributed by atoms with Crippen molar-refractivity contribution in [2.24, 2.45) is 0 Å². The van der Waals surface area contributed by atoms with E-state index in [1.165, 1.54) is 11.0 Å². The summed E-state index contributed by atoms with van der Waals surface area (Å²) in [5.74, 6) is -1.21. The van der Waals surface area contributed by atoms with Gasteiger partial charge in [0, 0.05) is 32.1 Å². The number of carbonyl (C=O) groups is 4. The zero-order valence-corrected chi connectivity index (χ0v) is 24.5. The number of carbonyl (C=O) groups excluding carboxylic acids is 4. The molecule has 4 rings (SSSR count). The number of hydrogen-bond acceptors (Lipinski definition) is 8. The fourth-order valence-electron chi connectivity index (χ4n) is 4.55. The minimum atomic E-state index is -0.656. The molecule has 1 N–H and O–H groups in total. The molecule has 226 valence electrons. The molecule has 13 heteroatoms. The molecule has 1 unspecified atom stereocenters. The maximum atomic E-state index is 15.2. The molecule has 2 heterocycles. The molecule has 42 heavy (non-hydrogen) atoms. The SMILES string of the molecule is CC(C)(C)OC(=O)NCC1CN(c2ccc(N3CCN(C(=O)COC(=O)c4cccc(CCl)c4)CC3)c(F)c2)C(=O)O1. The van der Waals surface area contributed by atoms with Crippen LogP contribution in [0.15, 0.2) is 42.5 Å². The quantitative estimate of drug-likeness (QED) is 0.274. The maximum Gasteiger partial charge on any atom is 0.414 e. The van der Waals surface area contributed by atoms with Crippen molar-refractivity contribution in [3.8, 4) is 0 Å². The number of nitrogens with one attached hydrogen (secondary N) is 1. The molecule has 2 aliphatic heterocycles. The fraction of sp³-hybridized carbons (Fsp3) is 0.448. The maximum absolute atomic E-state index is 15.2. The van der Waals surface area contributed by atoms with Gasteiger partial charge in [-0.15, -0.1) is 11.6 Å². The molecule has 0 spiro atoms. The second-order valence-corrected chi connectivity index (χ2v) is 11.2. The molecule has 1 atom stereocenters. The number of hydrogen-bond donors (Lipinski definition) is 1. The van der Waals surface area contributed by atoms with E-state index >= 15 is 4.39 Å². The number of anilines is 2. The highest BCUT2D eigenvalue weighted by molar-refractivity contribution is 6.17. The van der Waals surface area contributed by atoms with Crippen LogP contribution in [0.25, 0.3) is 0 Å². The zero-order valence-electron chi connectivity index (χ0n) is 23.7. The lowest BCUT2D eigenvalue weighted by Gasteiger charge is -2.36. The van der Waals surface area contributed by atoms with Gasteiger partial charge in [-0.25, -0.2) is 18.8 Å². The van der Waals surface area contributed by atoms with Crippen LogP contribution in [0.3, 0.4) is 0 Å². The fourth-order valence-corrected chi connectivity index (χ4v) is 4.72. The summed E-state index contributed by atoms with van der Waals surface area (Å²) in [6, 6.07) is 11.2. The standard InChI is InChI=1S/C29H34ClFN4O7/c1-29(2,3)42-27(38)32-16-22-17-35(28(39)41-22)21-7-8-24(23(31)14-21)33-9-11-34(12-10-33)25(36)18-40-26(37)20-6-4-5-19(13-20)15-30/h4-8,13-14,22H,9-12,15-18H2,1-3H3,(H,32,38). The van der Waals surface area contributed by atoms with Crippen LogP contribution in [0, 0.1) is 5.82 Å². The molecule has 2 saturated heterocycles. The molecule has 0 radical (unpaired) electrons. The molecule has 0 bridgehead atoms. The Morgan fingerprint density at radius 2 is 1.83 bits per heavy atom. The molecular formula is C29H34ClFN4O7. The van der Waals surface area contributed by atoms with Crippen LogP contribution in [0.1, 0.15) is 36.7 Å². The van der Waals surface area contributed by atoms with Crippen molar-refractivity contribution in [1.29, 1.82) is 0 Å². The van der Waals surface area contributed by atoms with Gasteiger partial charge >= 0.3 is 18.2 Å². The number of ether oxygens (including phenoxy) is 3. The van der Waals surface area contributed by atoms with Gasteiger partial charge in [-0.3, -0.25) is 9.69 Å². The van der Waals surface area contributed by atoms with E-state index in [-0.39, 0.29) is 24.9 Å². The van der Waals surface area contributed by atoms with Crippen molar-refractivity contribution in [3.63, 3.8) is 0 Å². The second-order valence-electron chi connectivity index (χ2n) is 10.9. The first-order valence-electron chi connectivity index (χ1n) is 13.5. The van der Waals surface area contributed by atoms with E-state index in [1.54, 1.807) is 62.1 Å². The van der Waals surface area contributed by atoms with Crippen LogP contribution in [0.4, 0.5) is 25.4 Å². The average Bonchev–Trinajstić information content (AvgIpc) is 3.34. The summed E-state index contributed by atoms with van der Waals surface area (Å²) in [6.07, 6.45) is -1.88. The van der Waals surface area contributed by atoms with E-state index in [4.69, 9.17) is 25.8 Å². The summed E-state index contributed by atoms with van der Waals surface area (Å²) in [5, 5.41) is 2.57. The summed E-state index contributed by atoms with van der Waals surface area (Å²) < 4.78 is 30.8. The van der Waals surface area contributed by atoms with Gasteiger partial charge in [-0.05, 0) is 56.7 Å². The number of halogens is 2. The monoisotopic (exact) mass is 604 g/mol. The minimum Gasteiger partial charge on any atom is -0.452 e. The van der Waals surface area contributed by atoms with Crippen molar-refractivity contribution in [2.75, 3.05) is 55.7 Å². The minimum absolute atomic E-state index is 0.0567. The largest absolute Gasteiger partial charge is 0.452 e. The number of esters is 1. The molecule has 2 aliphatic rings. The van der Waals surface area contributed by atoms with Gasteiger partial charge in [0.1, 0.15) is 17.5 Å². The van der Waals surface area contributed by atoms with Crippen molar-refractivity contribution in [1.82, 2.24) is 10.2 Å². The van der Waals surface area contributed by atoms with Crippen molar-refractivity contribution >= 4 is 47.0 Å². The topological polar surface area (TPSA) is 118 Å². The van der Waals surface area contributed by atoms with Gasteiger partial charge in [0.05, 0.1) is 30.0 Å². The van der Waals surface area contributed by atoms with Crippen LogP contribution >= 0.6 is 11.6 Å². The van der Waals surface area contributed by atoms with E-state index in [2.05, 4.69) is 5.32 Å². The summed E-state index contributed by atoms with van der Waals surface area (Å²) >= 11 is 5.80. The Morgan fingerprint density at radius 1 is 1.10 bits per heavy atom. The van der Waals surface area contributed by atoms with Crippen molar-refractivity contribution in [3.05, 3.63) is 59.4 Å².